The molecule has 0 radical (unpaired) electrons. The van der Waals surface area contributed by atoms with Gasteiger partial charge in [-0.25, -0.2) is 4.39 Å². The topological polar surface area (TPSA) is 29.5 Å². The molecule has 0 saturated heterocycles. The fraction of sp³-hybridized carbons (Fsp3) is 0.400. The molecule has 0 atom stereocenters. The first-order valence-corrected chi connectivity index (χ1v) is 5.12. The number of aliphatic hydroxyl groups is 1. The molecule has 14 heavy (non-hydrogen) atoms. The Bertz CT molecular complexity index is 375. The first-order chi connectivity index (χ1) is 6.57. The lowest BCUT2D eigenvalue weighted by atomic mass is 10.1. The summed E-state index contributed by atoms with van der Waals surface area (Å²) >= 11 is 3.09. The van der Waals surface area contributed by atoms with Crippen LogP contribution in [-0.2, 0) is 5.60 Å². The molecule has 0 aromatic heterocycles. The fourth-order valence-corrected chi connectivity index (χ4v) is 1.79. The van der Waals surface area contributed by atoms with Gasteiger partial charge in [0.05, 0.1) is 17.2 Å². The minimum Gasteiger partial charge on any atom is -0.496 e. The van der Waals surface area contributed by atoms with Crippen LogP contribution in [0.15, 0.2) is 16.6 Å². The van der Waals surface area contributed by atoms with E-state index in [9.17, 15) is 9.50 Å². The van der Waals surface area contributed by atoms with Crippen molar-refractivity contribution in [1.29, 1.82) is 0 Å². The summed E-state index contributed by atoms with van der Waals surface area (Å²) in [6.45, 7) is 0. The third-order valence-electron chi connectivity index (χ3n) is 2.47. The van der Waals surface area contributed by atoms with Gasteiger partial charge in [-0.05, 0) is 34.8 Å². The summed E-state index contributed by atoms with van der Waals surface area (Å²) in [5.41, 5.74) is -0.144. The molecular formula is C10H10BrFO2. The summed E-state index contributed by atoms with van der Waals surface area (Å²) in [5.74, 6) is 0.0283. The van der Waals surface area contributed by atoms with Gasteiger partial charge in [0.1, 0.15) is 11.6 Å². The van der Waals surface area contributed by atoms with Gasteiger partial charge in [-0.15, -0.1) is 0 Å². The van der Waals surface area contributed by atoms with Crippen LogP contribution >= 0.6 is 15.9 Å². The highest BCUT2D eigenvalue weighted by Crippen LogP contribution is 2.49. The zero-order valence-corrected chi connectivity index (χ0v) is 9.27. The number of hydrogen-bond acceptors (Lipinski definition) is 2. The second-order valence-electron chi connectivity index (χ2n) is 3.50. The monoisotopic (exact) mass is 260 g/mol. The van der Waals surface area contributed by atoms with E-state index in [0.717, 1.165) is 0 Å². The second-order valence-corrected chi connectivity index (χ2v) is 4.35. The van der Waals surface area contributed by atoms with Gasteiger partial charge in [-0.3, -0.25) is 0 Å². The Hall–Kier alpha value is -0.610. The molecule has 1 N–H and O–H groups in total. The number of hydrogen-bond donors (Lipinski definition) is 1. The van der Waals surface area contributed by atoms with Crippen molar-refractivity contribution in [3.8, 4) is 5.75 Å². The standard InChI is InChI=1S/C10H10BrFO2/c1-14-9-5-8(12)7(11)4-6(9)10(13)2-3-10/h4-5,13H,2-3H2,1H3. The highest BCUT2D eigenvalue weighted by Gasteiger charge is 2.44. The third-order valence-corrected chi connectivity index (χ3v) is 3.08. The number of benzene rings is 1. The number of halogens is 2. The van der Waals surface area contributed by atoms with E-state index < -0.39 is 5.60 Å². The van der Waals surface area contributed by atoms with E-state index in [2.05, 4.69) is 15.9 Å². The van der Waals surface area contributed by atoms with E-state index in [1.165, 1.54) is 13.2 Å². The van der Waals surface area contributed by atoms with Gasteiger partial charge in [0.25, 0.3) is 0 Å². The van der Waals surface area contributed by atoms with Crippen molar-refractivity contribution in [2.75, 3.05) is 7.11 Å². The summed E-state index contributed by atoms with van der Waals surface area (Å²) in [7, 11) is 1.47. The maximum Gasteiger partial charge on any atom is 0.141 e. The van der Waals surface area contributed by atoms with Crippen LogP contribution in [0.2, 0.25) is 0 Å². The highest BCUT2D eigenvalue weighted by molar-refractivity contribution is 9.10. The summed E-state index contributed by atoms with van der Waals surface area (Å²) in [5, 5.41) is 9.90. The maximum absolute atomic E-state index is 13.1. The molecule has 2 rings (SSSR count). The Labute approximate surface area is 89.8 Å². The summed E-state index contributed by atoms with van der Waals surface area (Å²) < 4.78 is 18.5. The Morgan fingerprint density at radius 3 is 2.64 bits per heavy atom. The van der Waals surface area contributed by atoms with Gasteiger partial charge in [0.15, 0.2) is 0 Å². The number of rotatable bonds is 2. The van der Waals surface area contributed by atoms with Crippen molar-refractivity contribution in [1.82, 2.24) is 0 Å². The highest BCUT2D eigenvalue weighted by atomic mass is 79.9. The summed E-state index contributed by atoms with van der Waals surface area (Å²) in [6, 6.07) is 2.87. The number of methoxy groups -OCH3 is 1. The maximum atomic E-state index is 13.1. The molecule has 4 heteroatoms. The van der Waals surface area contributed by atoms with E-state index in [0.29, 0.717) is 28.6 Å². The molecule has 0 amide bonds. The molecule has 0 bridgehead atoms. The summed E-state index contributed by atoms with van der Waals surface area (Å²) in [6.07, 6.45) is 1.42. The fourth-order valence-electron chi connectivity index (χ4n) is 1.45. The first-order valence-electron chi connectivity index (χ1n) is 4.33. The third kappa shape index (κ3) is 1.53. The van der Waals surface area contributed by atoms with E-state index >= 15 is 0 Å². The number of ether oxygens (including phenoxy) is 1. The average molecular weight is 261 g/mol. The predicted octanol–water partition coefficient (Wildman–Crippen LogP) is 2.58. The lowest BCUT2D eigenvalue weighted by molar-refractivity contribution is 0.147. The van der Waals surface area contributed by atoms with Gasteiger partial charge in [-0.1, -0.05) is 0 Å². The Morgan fingerprint density at radius 2 is 2.14 bits per heavy atom. The molecule has 0 unspecified atom stereocenters. The van der Waals surface area contributed by atoms with Crippen molar-refractivity contribution in [3.63, 3.8) is 0 Å². The van der Waals surface area contributed by atoms with Crippen LogP contribution in [0, 0.1) is 5.82 Å². The van der Waals surface area contributed by atoms with Crippen molar-refractivity contribution in [2.45, 2.75) is 18.4 Å². The minimum absolute atomic E-state index is 0.355. The van der Waals surface area contributed by atoms with Crippen molar-refractivity contribution in [3.05, 3.63) is 28.0 Å². The molecule has 0 heterocycles. The Morgan fingerprint density at radius 1 is 1.50 bits per heavy atom. The molecule has 76 valence electrons. The molecule has 1 aromatic carbocycles. The molecule has 0 spiro atoms. The molecule has 2 nitrogen and oxygen atoms in total. The molecule has 1 aromatic rings. The van der Waals surface area contributed by atoms with E-state index in [1.807, 2.05) is 0 Å². The van der Waals surface area contributed by atoms with Crippen LogP contribution in [0.3, 0.4) is 0 Å². The molecule has 1 aliphatic rings. The van der Waals surface area contributed by atoms with Gasteiger partial charge in [0, 0.05) is 11.6 Å². The zero-order chi connectivity index (χ0) is 10.3. The van der Waals surface area contributed by atoms with Crippen LogP contribution in [-0.4, -0.2) is 12.2 Å². The lowest BCUT2D eigenvalue weighted by Crippen LogP contribution is -2.07. The van der Waals surface area contributed by atoms with Crippen molar-refractivity contribution < 1.29 is 14.2 Å². The minimum atomic E-state index is -0.804. The normalized spacial score (nSPS) is 18.0. The van der Waals surface area contributed by atoms with Crippen molar-refractivity contribution in [2.24, 2.45) is 0 Å². The van der Waals surface area contributed by atoms with E-state index in [4.69, 9.17) is 4.74 Å². The van der Waals surface area contributed by atoms with Gasteiger partial charge < -0.3 is 9.84 Å². The zero-order valence-electron chi connectivity index (χ0n) is 7.68. The largest absolute Gasteiger partial charge is 0.496 e. The molecule has 0 aliphatic heterocycles. The van der Waals surface area contributed by atoms with E-state index in [-0.39, 0.29) is 5.82 Å². The van der Waals surface area contributed by atoms with Crippen LogP contribution in [0.4, 0.5) is 4.39 Å². The van der Waals surface area contributed by atoms with E-state index in [1.54, 1.807) is 6.07 Å². The van der Waals surface area contributed by atoms with Crippen LogP contribution < -0.4 is 4.74 Å². The first kappa shape index (κ1) is 9.93. The second kappa shape index (κ2) is 3.21. The van der Waals surface area contributed by atoms with Gasteiger partial charge >= 0.3 is 0 Å². The van der Waals surface area contributed by atoms with Gasteiger partial charge in [-0.2, -0.15) is 0 Å². The molecule has 1 fully saturated rings. The molecule has 1 saturated carbocycles. The lowest BCUT2D eigenvalue weighted by Gasteiger charge is -2.14. The van der Waals surface area contributed by atoms with Crippen LogP contribution in [0.25, 0.3) is 0 Å². The smallest absolute Gasteiger partial charge is 0.141 e. The van der Waals surface area contributed by atoms with Crippen molar-refractivity contribution >= 4 is 15.9 Å². The molecule has 1 aliphatic carbocycles. The molecular weight excluding hydrogens is 251 g/mol. The van der Waals surface area contributed by atoms with Gasteiger partial charge in [0.2, 0.25) is 0 Å². The average Bonchev–Trinajstić information content (AvgIpc) is 2.89. The SMILES string of the molecule is COc1cc(F)c(Br)cc1C1(O)CC1. The Kier molecular flexibility index (Phi) is 2.27. The predicted molar refractivity (Wildman–Crippen MR) is 53.8 cm³/mol. The van der Waals surface area contributed by atoms with Crippen LogP contribution in [0.5, 0.6) is 5.75 Å². The van der Waals surface area contributed by atoms with Crippen LogP contribution in [0.1, 0.15) is 18.4 Å². The quantitative estimate of drug-likeness (QED) is 0.886. The Balaban J connectivity index is 2.52. The summed E-state index contributed by atoms with van der Waals surface area (Å²) in [4.78, 5) is 0.